The molecule has 5 heteroatoms. The van der Waals surface area contributed by atoms with E-state index in [0.29, 0.717) is 5.56 Å². The quantitative estimate of drug-likeness (QED) is 0.625. The largest absolute Gasteiger partial charge is 0.458 e. The van der Waals surface area contributed by atoms with Gasteiger partial charge in [-0.3, -0.25) is 0 Å². The SMILES string of the molecule is C=CC(=O)OCC(CO)OC(=O)c1ccccc1-c1ccccc1. The normalized spacial score (nSPS) is 11.4. The number of esters is 2. The Bertz CT molecular complexity index is 709. The average molecular weight is 326 g/mol. The van der Waals surface area contributed by atoms with Crippen LogP contribution in [0.5, 0.6) is 0 Å². The average Bonchev–Trinajstić information content (AvgIpc) is 2.65. The first kappa shape index (κ1) is 17.4. The molecule has 0 radical (unpaired) electrons. The molecule has 5 nitrogen and oxygen atoms in total. The number of ether oxygens (including phenoxy) is 2. The van der Waals surface area contributed by atoms with E-state index in [1.807, 2.05) is 42.5 Å². The lowest BCUT2D eigenvalue weighted by Crippen LogP contribution is -2.28. The predicted octanol–water partition coefficient (Wildman–Crippen LogP) is 2.60. The zero-order valence-corrected chi connectivity index (χ0v) is 13.1. The van der Waals surface area contributed by atoms with Crippen molar-refractivity contribution < 1.29 is 24.2 Å². The molecule has 0 aromatic heterocycles. The summed E-state index contributed by atoms with van der Waals surface area (Å²) in [6, 6.07) is 16.4. The van der Waals surface area contributed by atoms with Crippen molar-refractivity contribution in [2.24, 2.45) is 0 Å². The number of hydrogen-bond acceptors (Lipinski definition) is 5. The number of carbonyl (C=O) groups is 2. The van der Waals surface area contributed by atoms with Gasteiger partial charge in [-0.2, -0.15) is 0 Å². The van der Waals surface area contributed by atoms with E-state index < -0.39 is 24.6 Å². The van der Waals surface area contributed by atoms with Crippen LogP contribution in [0.15, 0.2) is 67.3 Å². The topological polar surface area (TPSA) is 72.8 Å². The maximum atomic E-state index is 12.4. The molecule has 24 heavy (non-hydrogen) atoms. The third-order valence-electron chi connectivity index (χ3n) is 3.29. The zero-order chi connectivity index (χ0) is 17.4. The van der Waals surface area contributed by atoms with E-state index in [0.717, 1.165) is 17.2 Å². The molecule has 0 spiro atoms. The summed E-state index contributed by atoms with van der Waals surface area (Å²) in [6.45, 7) is 2.58. The lowest BCUT2D eigenvalue weighted by molar-refractivity contribution is -0.141. The summed E-state index contributed by atoms with van der Waals surface area (Å²) in [5.74, 6) is -1.24. The minimum absolute atomic E-state index is 0.236. The van der Waals surface area contributed by atoms with Crippen molar-refractivity contribution in [1.29, 1.82) is 0 Å². The Morgan fingerprint density at radius 1 is 1.08 bits per heavy atom. The first-order valence-electron chi connectivity index (χ1n) is 7.41. The molecule has 0 aliphatic carbocycles. The van der Waals surface area contributed by atoms with Gasteiger partial charge in [-0.05, 0) is 17.2 Å². The summed E-state index contributed by atoms with van der Waals surface area (Å²) in [4.78, 5) is 23.5. The van der Waals surface area contributed by atoms with E-state index in [1.54, 1.807) is 12.1 Å². The van der Waals surface area contributed by atoms with E-state index in [1.165, 1.54) is 0 Å². The van der Waals surface area contributed by atoms with Crippen molar-refractivity contribution in [2.75, 3.05) is 13.2 Å². The van der Waals surface area contributed by atoms with Gasteiger partial charge in [0.25, 0.3) is 0 Å². The van der Waals surface area contributed by atoms with Crippen LogP contribution in [0.3, 0.4) is 0 Å². The first-order chi connectivity index (χ1) is 11.7. The molecule has 1 unspecified atom stereocenters. The van der Waals surface area contributed by atoms with Gasteiger partial charge < -0.3 is 14.6 Å². The molecule has 0 aliphatic rings. The Morgan fingerprint density at radius 3 is 2.42 bits per heavy atom. The molecular weight excluding hydrogens is 308 g/mol. The van der Waals surface area contributed by atoms with Crippen LogP contribution in [-0.4, -0.2) is 36.4 Å². The highest BCUT2D eigenvalue weighted by atomic mass is 16.6. The van der Waals surface area contributed by atoms with Gasteiger partial charge in [-0.1, -0.05) is 55.1 Å². The molecule has 0 saturated carbocycles. The molecule has 1 N–H and O–H groups in total. The van der Waals surface area contributed by atoms with Crippen molar-refractivity contribution in [3.8, 4) is 11.1 Å². The Kier molecular flexibility index (Phi) is 6.28. The third-order valence-corrected chi connectivity index (χ3v) is 3.29. The Labute approximate surface area is 140 Å². The van der Waals surface area contributed by atoms with Gasteiger partial charge in [0, 0.05) is 6.08 Å². The van der Waals surface area contributed by atoms with Gasteiger partial charge in [0.15, 0.2) is 6.10 Å². The highest BCUT2D eigenvalue weighted by molar-refractivity contribution is 5.97. The third kappa shape index (κ3) is 4.54. The summed E-state index contributed by atoms with van der Waals surface area (Å²) < 4.78 is 10.0. The van der Waals surface area contributed by atoms with Crippen LogP contribution < -0.4 is 0 Å². The van der Waals surface area contributed by atoms with Gasteiger partial charge in [-0.15, -0.1) is 0 Å². The van der Waals surface area contributed by atoms with Crippen molar-refractivity contribution >= 4 is 11.9 Å². The van der Waals surface area contributed by atoms with Crippen LogP contribution in [0, 0.1) is 0 Å². The highest BCUT2D eigenvalue weighted by Gasteiger charge is 2.19. The second-order valence-electron chi connectivity index (χ2n) is 4.96. The molecule has 2 aromatic rings. The summed E-state index contributed by atoms with van der Waals surface area (Å²) in [5, 5.41) is 9.30. The molecule has 0 aliphatic heterocycles. The molecule has 0 amide bonds. The van der Waals surface area contributed by atoms with Crippen LogP contribution in [0.1, 0.15) is 10.4 Å². The Balaban J connectivity index is 2.15. The van der Waals surface area contributed by atoms with Crippen LogP contribution in [0.4, 0.5) is 0 Å². The van der Waals surface area contributed by atoms with Crippen LogP contribution in [0.25, 0.3) is 11.1 Å². The summed E-state index contributed by atoms with van der Waals surface area (Å²) in [6.07, 6.45) is 0.0613. The van der Waals surface area contributed by atoms with Crippen molar-refractivity contribution in [3.05, 3.63) is 72.8 Å². The van der Waals surface area contributed by atoms with Crippen LogP contribution in [0.2, 0.25) is 0 Å². The van der Waals surface area contributed by atoms with Crippen molar-refractivity contribution in [1.82, 2.24) is 0 Å². The predicted molar refractivity (Wildman–Crippen MR) is 89.3 cm³/mol. The molecular formula is C19H18O5. The maximum Gasteiger partial charge on any atom is 0.339 e. The molecule has 124 valence electrons. The van der Waals surface area contributed by atoms with E-state index in [2.05, 4.69) is 6.58 Å². The maximum absolute atomic E-state index is 12.4. The molecule has 1 atom stereocenters. The Morgan fingerprint density at radius 2 is 1.75 bits per heavy atom. The summed E-state index contributed by atoms with van der Waals surface area (Å²) in [7, 11) is 0. The van der Waals surface area contributed by atoms with E-state index in [4.69, 9.17) is 9.47 Å². The van der Waals surface area contributed by atoms with Gasteiger partial charge in [0.1, 0.15) is 6.61 Å². The van der Waals surface area contributed by atoms with Crippen LogP contribution in [-0.2, 0) is 14.3 Å². The fraction of sp³-hybridized carbons (Fsp3) is 0.158. The lowest BCUT2D eigenvalue weighted by Gasteiger charge is -2.16. The zero-order valence-electron chi connectivity index (χ0n) is 13.1. The monoisotopic (exact) mass is 326 g/mol. The minimum atomic E-state index is -0.940. The minimum Gasteiger partial charge on any atom is -0.458 e. The number of rotatable bonds is 7. The van der Waals surface area contributed by atoms with E-state index in [-0.39, 0.29) is 6.61 Å². The van der Waals surface area contributed by atoms with Gasteiger partial charge in [0.2, 0.25) is 0 Å². The van der Waals surface area contributed by atoms with Crippen molar-refractivity contribution in [2.45, 2.75) is 6.10 Å². The highest BCUT2D eigenvalue weighted by Crippen LogP contribution is 2.24. The fourth-order valence-corrected chi connectivity index (χ4v) is 2.10. The molecule has 2 aromatic carbocycles. The number of aliphatic hydroxyl groups excluding tert-OH is 1. The molecule has 2 rings (SSSR count). The lowest BCUT2D eigenvalue weighted by atomic mass is 10.00. The molecule has 0 heterocycles. The number of hydrogen-bond donors (Lipinski definition) is 1. The van der Waals surface area contributed by atoms with Gasteiger partial charge in [0.05, 0.1) is 12.2 Å². The summed E-state index contributed by atoms with van der Waals surface area (Å²) in [5.41, 5.74) is 1.98. The van der Waals surface area contributed by atoms with Crippen LogP contribution >= 0.6 is 0 Å². The smallest absolute Gasteiger partial charge is 0.339 e. The second-order valence-corrected chi connectivity index (χ2v) is 4.96. The molecule has 0 saturated heterocycles. The molecule has 0 bridgehead atoms. The number of aliphatic hydroxyl groups is 1. The summed E-state index contributed by atoms with van der Waals surface area (Å²) >= 11 is 0. The van der Waals surface area contributed by atoms with Crippen molar-refractivity contribution in [3.63, 3.8) is 0 Å². The number of benzene rings is 2. The van der Waals surface area contributed by atoms with Gasteiger partial charge >= 0.3 is 11.9 Å². The van der Waals surface area contributed by atoms with E-state index >= 15 is 0 Å². The molecule has 0 fully saturated rings. The fourth-order valence-electron chi connectivity index (χ4n) is 2.10. The second kappa shape index (κ2) is 8.64. The first-order valence-corrected chi connectivity index (χ1v) is 7.41. The van der Waals surface area contributed by atoms with Gasteiger partial charge in [-0.25, -0.2) is 9.59 Å². The number of carbonyl (C=O) groups excluding carboxylic acids is 2. The Hall–Kier alpha value is -2.92. The standard InChI is InChI=1S/C19H18O5/c1-2-18(21)23-13-15(12-20)24-19(22)17-11-7-6-10-16(17)14-8-4-3-5-9-14/h2-11,15,20H,1,12-13H2. The van der Waals surface area contributed by atoms with E-state index in [9.17, 15) is 14.7 Å².